The first kappa shape index (κ1) is 31.1. The maximum atomic E-state index is 5.42. The molecule has 258 valence electrons. The van der Waals surface area contributed by atoms with Gasteiger partial charge in [0, 0.05) is 33.1 Å². The molecule has 0 bridgehead atoms. The highest BCUT2D eigenvalue weighted by molar-refractivity contribution is 6.11. The molecule has 0 saturated carbocycles. The Morgan fingerprint density at radius 1 is 0.382 bits per heavy atom. The summed E-state index contributed by atoms with van der Waals surface area (Å²) in [5.41, 5.74) is 13.8. The van der Waals surface area contributed by atoms with Crippen LogP contribution in [0.5, 0.6) is 0 Å². The molecule has 3 heterocycles. The van der Waals surface area contributed by atoms with Crippen LogP contribution in [0.15, 0.2) is 200 Å². The van der Waals surface area contributed by atoms with Gasteiger partial charge in [0.1, 0.15) is 5.65 Å². The second-order valence-electron chi connectivity index (χ2n) is 13.9. The Balaban J connectivity index is 1.20. The minimum atomic E-state index is 0.800. The molecule has 0 amide bonds. The normalized spacial score (nSPS) is 11.6. The van der Waals surface area contributed by atoms with Crippen molar-refractivity contribution >= 4 is 66.5 Å². The lowest BCUT2D eigenvalue weighted by Gasteiger charge is -2.28. The van der Waals surface area contributed by atoms with Crippen molar-refractivity contribution in [2.75, 3.05) is 4.90 Å². The molecule has 0 saturated heterocycles. The van der Waals surface area contributed by atoms with E-state index in [0.29, 0.717) is 0 Å². The first-order valence-electron chi connectivity index (χ1n) is 18.6. The molecule has 0 N–H and O–H groups in total. The summed E-state index contributed by atoms with van der Waals surface area (Å²) >= 11 is 0. The van der Waals surface area contributed by atoms with Crippen LogP contribution in [0.2, 0.25) is 0 Å². The van der Waals surface area contributed by atoms with Crippen LogP contribution in [0.3, 0.4) is 0 Å². The molecular formula is C50H33N5. The van der Waals surface area contributed by atoms with Crippen molar-refractivity contribution in [1.82, 2.24) is 18.9 Å². The Hall–Kier alpha value is -7.50. The number of anilines is 3. The Morgan fingerprint density at radius 2 is 0.964 bits per heavy atom. The number of para-hydroxylation sites is 5. The number of fused-ring (bicyclic) bond motifs is 8. The molecule has 5 nitrogen and oxygen atoms in total. The highest BCUT2D eigenvalue weighted by atomic mass is 15.2. The molecule has 0 atom stereocenters. The molecule has 11 rings (SSSR count). The molecule has 0 unspecified atom stereocenters. The van der Waals surface area contributed by atoms with Crippen LogP contribution in [0.4, 0.5) is 17.1 Å². The minimum absolute atomic E-state index is 0.800. The number of benzene rings is 8. The van der Waals surface area contributed by atoms with Gasteiger partial charge in [-0.25, -0.2) is 9.97 Å². The molecule has 0 radical (unpaired) electrons. The van der Waals surface area contributed by atoms with E-state index in [-0.39, 0.29) is 0 Å². The molecule has 8 aromatic carbocycles. The van der Waals surface area contributed by atoms with Crippen molar-refractivity contribution in [1.29, 1.82) is 0 Å². The Bertz CT molecular complexity index is 3200. The van der Waals surface area contributed by atoms with Gasteiger partial charge in [0.25, 0.3) is 0 Å². The van der Waals surface area contributed by atoms with Crippen molar-refractivity contribution < 1.29 is 0 Å². The van der Waals surface area contributed by atoms with Crippen LogP contribution >= 0.6 is 0 Å². The highest BCUT2D eigenvalue weighted by Crippen LogP contribution is 2.44. The molecular weight excluding hydrogens is 671 g/mol. The van der Waals surface area contributed by atoms with E-state index < -0.39 is 0 Å². The highest BCUT2D eigenvalue weighted by Gasteiger charge is 2.23. The van der Waals surface area contributed by atoms with Crippen LogP contribution in [0.1, 0.15) is 0 Å². The second-order valence-corrected chi connectivity index (χ2v) is 13.9. The van der Waals surface area contributed by atoms with Crippen molar-refractivity contribution in [3.63, 3.8) is 0 Å². The average molecular weight is 704 g/mol. The fourth-order valence-electron chi connectivity index (χ4n) is 8.18. The molecule has 0 spiro atoms. The van der Waals surface area contributed by atoms with Gasteiger partial charge in [-0.3, -0.25) is 8.97 Å². The molecule has 0 fully saturated rings. The van der Waals surface area contributed by atoms with Gasteiger partial charge >= 0.3 is 0 Å². The van der Waals surface area contributed by atoms with Crippen LogP contribution in [0, 0.1) is 0 Å². The van der Waals surface area contributed by atoms with E-state index in [1.807, 2.05) is 12.1 Å². The third-order valence-electron chi connectivity index (χ3n) is 10.7. The summed E-state index contributed by atoms with van der Waals surface area (Å²) < 4.78 is 4.54. The number of aromatic nitrogens is 4. The van der Waals surface area contributed by atoms with Gasteiger partial charge in [-0.2, -0.15) is 0 Å². The van der Waals surface area contributed by atoms with E-state index in [1.54, 1.807) is 0 Å². The fraction of sp³-hybridized carbons (Fsp3) is 0. The summed E-state index contributed by atoms with van der Waals surface area (Å²) in [6.45, 7) is 0. The maximum absolute atomic E-state index is 5.42. The topological polar surface area (TPSA) is 38.4 Å². The molecule has 5 heteroatoms. The average Bonchev–Trinajstić information content (AvgIpc) is 3.81. The van der Waals surface area contributed by atoms with Crippen molar-refractivity contribution in [3.05, 3.63) is 200 Å². The molecule has 0 aliphatic heterocycles. The van der Waals surface area contributed by atoms with Gasteiger partial charge < -0.3 is 4.90 Å². The smallest absolute Gasteiger partial charge is 0.221 e. The monoisotopic (exact) mass is 703 g/mol. The number of hydrogen-bond acceptors (Lipinski definition) is 3. The predicted molar refractivity (Wildman–Crippen MR) is 228 cm³/mol. The maximum Gasteiger partial charge on any atom is 0.221 e. The summed E-state index contributed by atoms with van der Waals surface area (Å²) in [6, 6.07) is 70.9. The first-order valence-corrected chi connectivity index (χ1v) is 18.6. The first-order chi connectivity index (χ1) is 27.3. The molecule has 0 aliphatic carbocycles. The molecule has 0 aliphatic rings. The van der Waals surface area contributed by atoms with Crippen molar-refractivity contribution in [2.45, 2.75) is 0 Å². The lowest BCUT2D eigenvalue weighted by molar-refractivity contribution is 0.979. The Kier molecular flexibility index (Phi) is 7.10. The Morgan fingerprint density at radius 3 is 1.76 bits per heavy atom. The summed E-state index contributed by atoms with van der Waals surface area (Å²) in [4.78, 5) is 13.0. The van der Waals surface area contributed by atoms with Crippen molar-refractivity contribution in [2.24, 2.45) is 0 Å². The van der Waals surface area contributed by atoms with E-state index in [2.05, 4.69) is 202 Å². The van der Waals surface area contributed by atoms with Gasteiger partial charge in [0.05, 0.1) is 33.3 Å². The van der Waals surface area contributed by atoms with Gasteiger partial charge in [-0.15, -0.1) is 0 Å². The molecule has 3 aromatic heterocycles. The number of imidazole rings is 1. The van der Waals surface area contributed by atoms with Gasteiger partial charge in [-0.05, 0) is 77.4 Å². The van der Waals surface area contributed by atoms with Crippen molar-refractivity contribution in [3.8, 4) is 28.2 Å². The standard InChI is InChI=1S/C50H33N5/c1-3-15-34(16-4-1)35-27-29-37(30-28-35)53(45-24-12-8-19-39(45)36-17-5-2-6-18-36)38-31-32-41-40-20-9-13-25-46(40)54(48(41)33-38)50-52-43-22-10-7-21-42(43)49-51-44-23-11-14-26-47(44)55(49)50/h1-33H. The SMILES string of the molecule is c1ccc(-c2ccc(N(c3ccc4c5ccccc5n(-c5nc6ccccc6c6nc7ccccc7n56)c4c3)c3ccccc3-c3ccccc3)cc2)cc1. The van der Waals surface area contributed by atoms with E-state index in [1.165, 1.54) is 16.5 Å². The van der Waals surface area contributed by atoms with Crippen LogP contribution in [-0.2, 0) is 0 Å². The zero-order valence-electron chi connectivity index (χ0n) is 29.8. The largest absolute Gasteiger partial charge is 0.310 e. The van der Waals surface area contributed by atoms with E-state index >= 15 is 0 Å². The quantitative estimate of drug-likeness (QED) is 0.173. The van der Waals surface area contributed by atoms with E-state index in [0.717, 1.165) is 78.1 Å². The zero-order chi connectivity index (χ0) is 36.3. The third-order valence-corrected chi connectivity index (χ3v) is 10.7. The fourth-order valence-corrected chi connectivity index (χ4v) is 8.18. The van der Waals surface area contributed by atoms with Crippen LogP contribution < -0.4 is 4.90 Å². The Labute approximate surface area is 317 Å². The number of rotatable bonds is 6. The van der Waals surface area contributed by atoms with Gasteiger partial charge in [0.2, 0.25) is 5.95 Å². The van der Waals surface area contributed by atoms with Gasteiger partial charge in [0.15, 0.2) is 0 Å². The number of nitrogens with zero attached hydrogens (tertiary/aromatic N) is 5. The lowest BCUT2D eigenvalue weighted by Crippen LogP contribution is -2.12. The van der Waals surface area contributed by atoms with Crippen LogP contribution in [0.25, 0.3) is 77.6 Å². The van der Waals surface area contributed by atoms with Gasteiger partial charge in [-0.1, -0.05) is 140 Å². The number of hydrogen-bond donors (Lipinski definition) is 0. The zero-order valence-corrected chi connectivity index (χ0v) is 29.8. The van der Waals surface area contributed by atoms with E-state index in [9.17, 15) is 0 Å². The summed E-state index contributed by atoms with van der Waals surface area (Å²) in [5.74, 6) is 0.800. The third kappa shape index (κ3) is 5.02. The van der Waals surface area contributed by atoms with E-state index in [4.69, 9.17) is 9.97 Å². The van der Waals surface area contributed by atoms with Crippen LogP contribution in [-0.4, -0.2) is 18.9 Å². The summed E-state index contributed by atoms with van der Waals surface area (Å²) in [5, 5.41) is 3.34. The summed E-state index contributed by atoms with van der Waals surface area (Å²) in [7, 11) is 0. The second kappa shape index (κ2) is 12.6. The molecule has 55 heavy (non-hydrogen) atoms. The predicted octanol–water partition coefficient (Wildman–Crippen LogP) is 12.9. The molecule has 11 aromatic rings. The summed E-state index contributed by atoms with van der Waals surface area (Å²) in [6.07, 6.45) is 0. The lowest BCUT2D eigenvalue weighted by atomic mass is 10.0. The minimum Gasteiger partial charge on any atom is -0.310 e.